The molecule has 2 bridgehead atoms. The maximum Gasteiger partial charge on any atom is 0.673 e. The fourth-order valence-electron chi connectivity index (χ4n) is 1.88. The summed E-state index contributed by atoms with van der Waals surface area (Å²) in [5.74, 6) is 2.53. The van der Waals surface area contributed by atoms with Gasteiger partial charge in [0.1, 0.15) is 5.75 Å². The van der Waals surface area contributed by atoms with Crippen LogP contribution in [0.2, 0.25) is 0 Å². The van der Waals surface area contributed by atoms with Gasteiger partial charge in [0.25, 0.3) is 0 Å². The van der Waals surface area contributed by atoms with Crippen LogP contribution in [0.25, 0.3) is 0 Å². The summed E-state index contributed by atoms with van der Waals surface area (Å²) in [5.41, 5.74) is 0. The van der Waals surface area contributed by atoms with E-state index in [4.69, 9.17) is 4.74 Å². The first-order valence-electron chi connectivity index (χ1n) is 6.21. The van der Waals surface area contributed by atoms with Crippen LogP contribution in [-0.2, 0) is 19.5 Å². The molecule has 0 spiro atoms. The monoisotopic (exact) mass is 390 g/mol. The number of hydrogen-bond donors (Lipinski definition) is 0. The smallest absolute Gasteiger partial charge is 0.497 e. The largest absolute Gasteiger partial charge is 0.673 e. The molecule has 7 heteroatoms. The molecule has 0 saturated carbocycles. The van der Waals surface area contributed by atoms with E-state index in [1.807, 2.05) is 30.3 Å². The van der Waals surface area contributed by atoms with Gasteiger partial charge in [-0.3, -0.25) is 0 Å². The van der Waals surface area contributed by atoms with Crippen molar-refractivity contribution in [2.45, 2.75) is 6.42 Å². The average Bonchev–Trinajstić information content (AvgIpc) is 3.03. The minimum absolute atomic E-state index is 0. The second-order valence-electron chi connectivity index (χ2n) is 4.35. The van der Waals surface area contributed by atoms with Crippen LogP contribution in [0.1, 0.15) is 6.42 Å². The first-order valence-corrected chi connectivity index (χ1v) is 6.21. The molecule has 1 nitrogen and oxygen atoms in total. The van der Waals surface area contributed by atoms with Gasteiger partial charge in [-0.1, -0.05) is 42.5 Å². The Kier molecular flexibility index (Phi) is 9.27. The van der Waals surface area contributed by atoms with Gasteiger partial charge < -0.3 is 22.0 Å². The normalized spacial score (nSPS) is 20.6. The Morgan fingerprint density at radius 1 is 0.905 bits per heavy atom. The number of allylic oxidation sites excluding steroid dienone is 4. The molecule has 21 heavy (non-hydrogen) atoms. The van der Waals surface area contributed by atoms with Crippen molar-refractivity contribution in [2.24, 2.45) is 11.8 Å². The van der Waals surface area contributed by atoms with E-state index < -0.39 is 7.25 Å². The van der Waals surface area contributed by atoms with Gasteiger partial charge in [-0.25, -0.2) is 0 Å². The van der Waals surface area contributed by atoms with Crippen molar-refractivity contribution in [3.05, 3.63) is 54.6 Å². The second kappa shape index (κ2) is 9.77. The molecule has 0 amide bonds. The molecule has 1 aromatic rings. The number of rotatable bonds is 1. The molecule has 3 rings (SSSR count). The van der Waals surface area contributed by atoms with E-state index in [2.05, 4.69) is 24.3 Å². The molecule has 119 valence electrons. The van der Waals surface area contributed by atoms with Crippen LogP contribution >= 0.6 is 0 Å². The van der Waals surface area contributed by atoms with Crippen molar-refractivity contribution in [1.82, 2.24) is 0 Å². The van der Waals surface area contributed by atoms with Crippen molar-refractivity contribution in [3.63, 3.8) is 0 Å². The molecule has 2 aliphatic carbocycles. The number of hydrogen-bond acceptors (Lipinski definition) is 1. The van der Waals surface area contributed by atoms with E-state index in [-0.39, 0.29) is 19.5 Å². The molecule has 1 radical (unpaired) electrons. The Morgan fingerprint density at radius 3 is 1.48 bits per heavy atom. The molecule has 0 saturated heterocycles. The average molecular weight is 390 g/mol. The predicted octanol–water partition coefficient (Wildman–Crippen LogP) is 4.74. The Labute approximate surface area is 134 Å². The van der Waals surface area contributed by atoms with Gasteiger partial charge in [0.15, 0.2) is 0 Å². The molecule has 0 heterocycles. The van der Waals surface area contributed by atoms with E-state index in [0.717, 1.165) is 17.6 Å². The summed E-state index contributed by atoms with van der Waals surface area (Å²) in [5, 5.41) is 0. The van der Waals surface area contributed by atoms with Gasteiger partial charge in [-0.15, -0.1) is 0 Å². The zero-order valence-electron chi connectivity index (χ0n) is 11.4. The Morgan fingerprint density at radius 2 is 1.29 bits per heavy atom. The molecule has 0 atom stereocenters. The van der Waals surface area contributed by atoms with Gasteiger partial charge >= 0.3 is 7.25 Å². The van der Waals surface area contributed by atoms with Gasteiger partial charge in [0, 0.05) is 19.5 Å². The minimum atomic E-state index is -6.00. The first kappa shape index (κ1) is 19.9. The third-order valence-corrected chi connectivity index (χ3v) is 2.73. The van der Waals surface area contributed by atoms with Gasteiger partial charge in [0.2, 0.25) is 0 Å². The van der Waals surface area contributed by atoms with Crippen LogP contribution in [0, 0.1) is 11.8 Å². The first-order chi connectivity index (χ1) is 9.38. The topological polar surface area (TPSA) is 9.23 Å². The van der Waals surface area contributed by atoms with E-state index >= 15 is 0 Å². The fourth-order valence-corrected chi connectivity index (χ4v) is 1.88. The number of benzene rings is 1. The fraction of sp³-hybridized carbons (Fsp3) is 0.286. The van der Waals surface area contributed by atoms with Crippen LogP contribution < -0.4 is 4.74 Å². The molecule has 0 unspecified atom stereocenters. The standard InChI is InChI=1S/C7H8O.C7H8.BF4.Rh/c1-8-7-5-3-2-4-6-7;1-2-7-4-3-6(1)5-7;2-1(3,4)5;/h2-6H,1H3;1-4,6-7H,5H2;;/q;;-1;. The maximum atomic E-state index is 9.75. The number of para-hydroxylation sites is 1. The summed E-state index contributed by atoms with van der Waals surface area (Å²) in [7, 11) is -4.34. The molecular formula is C14H16BF4ORh-. The number of fused-ring (bicyclic) bond motifs is 2. The van der Waals surface area contributed by atoms with Crippen LogP contribution in [-0.4, -0.2) is 14.4 Å². The summed E-state index contributed by atoms with van der Waals surface area (Å²) < 4.78 is 43.9. The summed E-state index contributed by atoms with van der Waals surface area (Å²) in [6, 6.07) is 9.68. The Balaban J connectivity index is 0.000000287. The van der Waals surface area contributed by atoms with E-state index in [9.17, 15) is 17.3 Å². The molecule has 0 N–H and O–H groups in total. The van der Waals surface area contributed by atoms with E-state index in [0.29, 0.717) is 0 Å². The second-order valence-corrected chi connectivity index (χ2v) is 4.35. The minimum Gasteiger partial charge on any atom is -0.497 e. The van der Waals surface area contributed by atoms with Gasteiger partial charge in [0.05, 0.1) is 7.11 Å². The number of halogens is 4. The van der Waals surface area contributed by atoms with Gasteiger partial charge in [-0.05, 0) is 30.4 Å². The third kappa shape index (κ3) is 10.3. The number of ether oxygens (including phenoxy) is 1. The number of methoxy groups -OCH3 is 1. The molecular weight excluding hydrogens is 374 g/mol. The van der Waals surface area contributed by atoms with Crippen LogP contribution in [0.3, 0.4) is 0 Å². The predicted molar refractivity (Wildman–Crippen MR) is 73.1 cm³/mol. The molecule has 0 fully saturated rings. The van der Waals surface area contributed by atoms with Crippen molar-refractivity contribution >= 4 is 7.25 Å². The van der Waals surface area contributed by atoms with Crippen molar-refractivity contribution in [3.8, 4) is 5.75 Å². The molecule has 2 aliphatic rings. The van der Waals surface area contributed by atoms with Crippen molar-refractivity contribution in [1.29, 1.82) is 0 Å². The van der Waals surface area contributed by atoms with E-state index in [1.54, 1.807) is 7.11 Å². The van der Waals surface area contributed by atoms with E-state index in [1.165, 1.54) is 6.42 Å². The Bertz CT molecular complexity index is 414. The molecule has 0 aliphatic heterocycles. The maximum absolute atomic E-state index is 9.75. The molecule has 0 aromatic heterocycles. The summed E-state index contributed by atoms with van der Waals surface area (Å²) in [4.78, 5) is 0. The quantitative estimate of drug-likeness (QED) is 0.383. The molecule has 1 aromatic carbocycles. The van der Waals surface area contributed by atoms with Gasteiger partial charge in [-0.2, -0.15) is 0 Å². The zero-order chi connectivity index (χ0) is 15.0. The van der Waals surface area contributed by atoms with Crippen molar-refractivity contribution < 1.29 is 41.5 Å². The SMILES string of the molecule is C1=CC2C=CC1C2.COc1ccccc1.F[B-](F)(F)F.[Rh]. The van der Waals surface area contributed by atoms with Crippen LogP contribution in [0.5, 0.6) is 5.75 Å². The third-order valence-electron chi connectivity index (χ3n) is 2.73. The summed E-state index contributed by atoms with van der Waals surface area (Å²) in [6.07, 6.45) is 10.5. The zero-order valence-corrected chi connectivity index (χ0v) is 13.0. The summed E-state index contributed by atoms with van der Waals surface area (Å²) in [6.45, 7) is 0. The Hall–Kier alpha value is -1.09. The van der Waals surface area contributed by atoms with Crippen LogP contribution in [0.15, 0.2) is 54.6 Å². The van der Waals surface area contributed by atoms with Crippen molar-refractivity contribution in [2.75, 3.05) is 7.11 Å². The summed E-state index contributed by atoms with van der Waals surface area (Å²) >= 11 is 0. The van der Waals surface area contributed by atoms with Crippen LogP contribution in [0.4, 0.5) is 17.3 Å².